The van der Waals surface area contributed by atoms with Gasteiger partial charge in [-0.25, -0.2) is 0 Å². The van der Waals surface area contributed by atoms with Gasteiger partial charge in [-0.2, -0.15) is 0 Å². The van der Waals surface area contributed by atoms with Gasteiger partial charge in [-0.3, -0.25) is 4.79 Å². The van der Waals surface area contributed by atoms with Crippen molar-refractivity contribution in [1.29, 1.82) is 0 Å². The molecular formula is C27H36BrN3O2. The largest absolute Gasteiger partial charge is 0.497 e. The number of hydrogen-bond donors (Lipinski definition) is 1. The summed E-state index contributed by atoms with van der Waals surface area (Å²) in [6, 6.07) is 14.8. The zero-order valence-corrected chi connectivity index (χ0v) is 22.0. The van der Waals surface area contributed by atoms with Gasteiger partial charge in [-0.15, -0.1) is 0 Å². The fourth-order valence-electron chi connectivity index (χ4n) is 4.32. The molecule has 0 saturated heterocycles. The highest BCUT2D eigenvalue weighted by molar-refractivity contribution is 9.10. The van der Waals surface area contributed by atoms with Crippen LogP contribution in [-0.2, 0) is 17.8 Å². The molecule has 2 aromatic carbocycles. The minimum Gasteiger partial charge on any atom is -0.497 e. The van der Waals surface area contributed by atoms with Gasteiger partial charge in [0.1, 0.15) is 5.75 Å². The Kier molecular flexibility index (Phi) is 8.98. The average Bonchev–Trinajstić information content (AvgIpc) is 3.03. The van der Waals surface area contributed by atoms with Crippen LogP contribution in [0.25, 0.3) is 10.9 Å². The molecule has 0 aliphatic heterocycles. The number of fused-ring (bicyclic) bond motifs is 1. The van der Waals surface area contributed by atoms with Crippen LogP contribution < -0.4 is 10.1 Å². The second-order valence-corrected chi connectivity index (χ2v) is 10.1. The van der Waals surface area contributed by atoms with Gasteiger partial charge in [-0.05, 0) is 87.8 Å². The van der Waals surface area contributed by atoms with Crippen molar-refractivity contribution in [3.8, 4) is 5.75 Å². The SMILES string of the molecule is COc1ccc2c(c1)c(C[C@@H](C)CC(=O)NCCCN(C)C)c(C)n2Cc1ccc(Br)cc1. The molecule has 0 bridgehead atoms. The van der Waals surface area contributed by atoms with Gasteiger partial charge in [0.25, 0.3) is 0 Å². The third-order valence-corrected chi connectivity index (χ3v) is 6.63. The number of aromatic nitrogens is 1. The first-order chi connectivity index (χ1) is 15.8. The number of ether oxygens (including phenoxy) is 1. The highest BCUT2D eigenvalue weighted by atomic mass is 79.9. The number of carbonyl (C=O) groups excluding carboxylic acids is 1. The molecule has 0 unspecified atom stereocenters. The van der Waals surface area contributed by atoms with E-state index < -0.39 is 0 Å². The number of hydrogen-bond acceptors (Lipinski definition) is 3. The van der Waals surface area contributed by atoms with Crippen LogP contribution in [0.15, 0.2) is 46.9 Å². The molecule has 178 valence electrons. The van der Waals surface area contributed by atoms with E-state index in [2.05, 4.69) is 95.1 Å². The summed E-state index contributed by atoms with van der Waals surface area (Å²) in [5, 5.41) is 4.28. The van der Waals surface area contributed by atoms with Gasteiger partial charge in [0, 0.05) is 40.6 Å². The van der Waals surface area contributed by atoms with Gasteiger partial charge in [0.15, 0.2) is 0 Å². The van der Waals surface area contributed by atoms with E-state index in [1.54, 1.807) is 7.11 Å². The lowest BCUT2D eigenvalue weighted by Crippen LogP contribution is -2.28. The Morgan fingerprint density at radius 3 is 2.58 bits per heavy atom. The Balaban J connectivity index is 1.79. The summed E-state index contributed by atoms with van der Waals surface area (Å²) >= 11 is 3.52. The molecule has 3 aromatic rings. The predicted octanol–water partition coefficient (Wildman–Crippen LogP) is 5.41. The monoisotopic (exact) mass is 513 g/mol. The van der Waals surface area contributed by atoms with Crippen molar-refractivity contribution >= 4 is 32.7 Å². The van der Waals surface area contributed by atoms with Crippen molar-refractivity contribution in [2.75, 3.05) is 34.3 Å². The number of amides is 1. The molecule has 0 aliphatic rings. The van der Waals surface area contributed by atoms with Gasteiger partial charge in [0.05, 0.1) is 7.11 Å². The van der Waals surface area contributed by atoms with E-state index in [0.29, 0.717) is 6.42 Å². The quantitative estimate of drug-likeness (QED) is 0.349. The second kappa shape index (κ2) is 11.7. The van der Waals surface area contributed by atoms with Crippen molar-refractivity contribution in [3.05, 3.63) is 63.8 Å². The summed E-state index contributed by atoms with van der Waals surface area (Å²) in [5.74, 6) is 1.24. The summed E-state index contributed by atoms with van der Waals surface area (Å²) in [6.45, 7) is 6.87. The van der Waals surface area contributed by atoms with Gasteiger partial charge in [-0.1, -0.05) is 35.0 Å². The van der Waals surface area contributed by atoms with Crippen LogP contribution in [0, 0.1) is 12.8 Å². The van der Waals surface area contributed by atoms with Crippen molar-refractivity contribution in [2.24, 2.45) is 5.92 Å². The molecule has 0 spiro atoms. The molecule has 0 aliphatic carbocycles. The lowest BCUT2D eigenvalue weighted by molar-refractivity contribution is -0.121. The van der Waals surface area contributed by atoms with Crippen LogP contribution in [0.3, 0.4) is 0 Å². The third kappa shape index (κ3) is 6.84. The molecule has 6 heteroatoms. The Bertz CT molecular complexity index is 1070. The topological polar surface area (TPSA) is 46.5 Å². The average molecular weight is 515 g/mol. The van der Waals surface area contributed by atoms with Crippen LogP contribution >= 0.6 is 15.9 Å². The molecular weight excluding hydrogens is 478 g/mol. The van der Waals surface area contributed by atoms with Crippen molar-refractivity contribution in [1.82, 2.24) is 14.8 Å². The van der Waals surface area contributed by atoms with Crippen molar-refractivity contribution < 1.29 is 9.53 Å². The normalized spacial score (nSPS) is 12.3. The smallest absolute Gasteiger partial charge is 0.220 e. The number of nitrogens with one attached hydrogen (secondary N) is 1. The molecule has 1 heterocycles. The highest BCUT2D eigenvalue weighted by Crippen LogP contribution is 2.32. The summed E-state index contributed by atoms with van der Waals surface area (Å²) in [6.07, 6.45) is 2.36. The van der Waals surface area contributed by atoms with Crippen LogP contribution in [-0.4, -0.2) is 49.7 Å². The van der Waals surface area contributed by atoms with Gasteiger partial charge < -0.3 is 19.5 Å². The maximum absolute atomic E-state index is 12.5. The maximum atomic E-state index is 12.5. The number of nitrogens with zero attached hydrogens (tertiary/aromatic N) is 2. The lowest BCUT2D eigenvalue weighted by atomic mass is 9.95. The summed E-state index contributed by atoms with van der Waals surface area (Å²) in [4.78, 5) is 14.6. The molecule has 1 aromatic heterocycles. The van der Waals surface area contributed by atoms with Crippen LogP contribution in [0.5, 0.6) is 5.75 Å². The zero-order valence-electron chi connectivity index (χ0n) is 20.5. The first-order valence-corrected chi connectivity index (χ1v) is 12.4. The summed E-state index contributed by atoms with van der Waals surface area (Å²) in [7, 11) is 5.80. The van der Waals surface area contributed by atoms with Crippen LogP contribution in [0.1, 0.15) is 36.6 Å². The van der Waals surface area contributed by atoms with E-state index in [9.17, 15) is 4.79 Å². The van der Waals surface area contributed by atoms with Crippen LogP contribution in [0.2, 0.25) is 0 Å². The molecule has 1 N–H and O–H groups in total. The molecule has 1 amide bonds. The molecule has 33 heavy (non-hydrogen) atoms. The Morgan fingerprint density at radius 1 is 1.18 bits per heavy atom. The fourth-order valence-corrected chi connectivity index (χ4v) is 4.59. The first-order valence-electron chi connectivity index (χ1n) is 11.6. The number of halogens is 1. The molecule has 3 rings (SSSR count). The van der Waals surface area contributed by atoms with Gasteiger partial charge >= 0.3 is 0 Å². The molecule has 0 saturated carbocycles. The lowest BCUT2D eigenvalue weighted by Gasteiger charge is -2.14. The fraction of sp³-hybridized carbons (Fsp3) is 0.444. The van der Waals surface area contributed by atoms with E-state index in [4.69, 9.17) is 4.74 Å². The summed E-state index contributed by atoms with van der Waals surface area (Å²) in [5.41, 5.74) is 5.01. The molecule has 5 nitrogen and oxygen atoms in total. The van der Waals surface area contributed by atoms with Crippen molar-refractivity contribution in [3.63, 3.8) is 0 Å². The predicted molar refractivity (Wildman–Crippen MR) is 140 cm³/mol. The Labute approximate surface area is 206 Å². The highest BCUT2D eigenvalue weighted by Gasteiger charge is 2.19. The first kappa shape index (κ1) is 25.3. The van der Waals surface area contributed by atoms with E-state index in [-0.39, 0.29) is 11.8 Å². The molecule has 0 radical (unpaired) electrons. The van der Waals surface area contributed by atoms with Gasteiger partial charge in [0.2, 0.25) is 5.91 Å². The second-order valence-electron chi connectivity index (χ2n) is 9.18. The standard InChI is InChI=1S/C27H36BrN3O2/c1-19(16-27(32)29-13-6-14-30(3)4)15-24-20(2)31(18-21-7-9-22(28)10-8-21)26-12-11-23(33-5)17-25(24)26/h7-12,17,19H,6,13-16,18H2,1-5H3,(H,29,32)/t19-/m1/s1. The van der Waals surface area contributed by atoms with E-state index in [1.165, 1.54) is 27.7 Å². The number of methoxy groups -OCH3 is 1. The van der Waals surface area contributed by atoms with E-state index >= 15 is 0 Å². The number of rotatable bonds is 11. The third-order valence-electron chi connectivity index (χ3n) is 6.11. The minimum absolute atomic E-state index is 0.134. The number of benzene rings is 2. The van der Waals surface area contributed by atoms with E-state index in [0.717, 1.165) is 42.7 Å². The van der Waals surface area contributed by atoms with Crippen LogP contribution in [0.4, 0.5) is 0 Å². The Hall–Kier alpha value is -2.31. The molecule has 1 atom stereocenters. The summed E-state index contributed by atoms with van der Waals surface area (Å²) < 4.78 is 8.98. The maximum Gasteiger partial charge on any atom is 0.220 e. The minimum atomic E-state index is 0.134. The van der Waals surface area contributed by atoms with Crippen molar-refractivity contribution in [2.45, 2.75) is 39.7 Å². The number of carbonyl (C=O) groups is 1. The Morgan fingerprint density at radius 2 is 1.91 bits per heavy atom. The van der Waals surface area contributed by atoms with E-state index in [1.807, 2.05) is 6.07 Å². The molecule has 0 fully saturated rings. The zero-order chi connectivity index (χ0) is 24.0.